The van der Waals surface area contributed by atoms with Gasteiger partial charge in [0.1, 0.15) is 0 Å². The number of hydrogen-bond donors (Lipinski definition) is 0. The van der Waals surface area contributed by atoms with Crippen LogP contribution in [0.25, 0.3) is 0 Å². The van der Waals surface area contributed by atoms with Crippen molar-refractivity contribution in [3.63, 3.8) is 0 Å². The van der Waals surface area contributed by atoms with Gasteiger partial charge in [-0.3, -0.25) is 9.59 Å². The van der Waals surface area contributed by atoms with Crippen LogP contribution in [0, 0.1) is 0 Å². The summed E-state index contributed by atoms with van der Waals surface area (Å²) in [6, 6.07) is 9.69. The van der Waals surface area contributed by atoms with Crippen LogP contribution in [-0.2, 0) is 16.0 Å². The highest BCUT2D eigenvalue weighted by molar-refractivity contribution is 7.10. The number of halogens is 1. The zero-order valence-corrected chi connectivity index (χ0v) is 17.4. The fraction of sp³-hybridized carbons (Fsp3) is 0.429. The zero-order valence-electron chi connectivity index (χ0n) is 15.8. The predicted octanol–water partition coefficient (Wildman–Crippen LogP) is 4.52. The largest absolute Gasteiger partial charge is 0.334 e. The maximum Gasteiger partial charge on any atom is 0.242 e. The summed E-state index contributed by atoms with van der Waals surface area (Å²) in [5, 5.41) is 2.77. The summed E-state index contributed by atoms with van der Waals surface area (Å²) in [6.45, 7) is 5.05. The van der Waals surface area contributed by atoms with Gasteiger partial charge in [-0.05, 0) is 47.5 Å². The van der Waals surface area contributed by atoms with E-state index in [0.717, 1.165) is 24.8 Å². The molecule has 1 aromatic heterocycles. The highest BCUT2D eigenvalue weighted by atomic mass is 35.5. The highest BCUT2D eigenvalue weighted by Gasteiger charge is 2.33. The second-order valence-corrected chi connectivity index (χ2v) is 8.32. The van der Waals surface area contributed by atoms with E-state index in [1.165, 1.54) is 17.4 Å². The standard InChI is InChI=1S/C21H25ClN2O2S/c1-3-4-11-23(15(2)25)14-20(26)24-12-9-19-18(10-13-27-19)21(24)16-5-7-17(22)8-6-16/h5-8,10,13,21H,3-4,9,11-12,14H2,1-2H3/t21-/m1/s1. The minimum absolute atomic E-state index is 0.00176. The van der Waals surface area contributed by atoms with Crippen LogP contribution in [0.15, 0.2) is 35.7 Å². The van der Waals surface area contributed by atoms with Crippen molar-refractivity contribution in [1.82, 2.24) is 9.80 Å². The number of unbranched alkanes of at least 4 members (excludes halogenated alkanes) is 1. The van der Waals surface area contributed by atoms with Crippen LogP contribution in [0.2, 0.25) is 5.02 Å². The van der Waals surface area contributed by atoms with Crippen LogP contribution in [0.3, 0.4) is 0 Å². The van der Waals surface area contributed by atoms with Gasteiger partial charge >= 0.3 is 0 Å². The first kappa shape index (κ1) is 19.9. The van der Waals surface area contributed by atoms with Crippen molar-refractivity contribution >= 4 is 34.8 Å². The number of fused-ring (bicyclic) bond motifs is 1. The molecule has 27 heavy (non-hydrogen) atoms. The average molecular weight is 405 g/mol. The molecule has 0 fully saturated rings. The molecule has 6 heteroatoms. The summed E-state index contributed by atoms with van der Waals surface area (Å²) in [4.78, 5) is 30.0. The first-order valence-corrected chi connectivity index (χ1v) is 10.6. The number of hydrogen-bond acceptors (Lipinski definition) is 3. The van der Waals surface area contributed by atoms with Gasteiger partial charge in [0.25, 0.3) is 0 Å². The van der Waals surface area contributed by atoms with Gasteiger partial charge in [0.2, 0.25) is 11.8 Å². The summed E-state index contributed by atoms with van der Waals surface area (Å²) in [5.74, 6) is -0.0498. The SMILES string of the molecule is CCCCN(CC(=O)N1CCc2sccc2[C@H]1c1ccc(Cl)cc1)C(C)=O. The highest BCUT2D eigenvalue weighted by Crippen LogP contribution is 2.38. The number of nitrogens with zero attached hydrogens (tertiary/aromatic N) is 2. The van der Waals surface area contributed by atoms with E-state index >= 15 is 0 Å². The fourth-order valence-corrected chi connectivity index (χ4v) is 4.57. The summed E-state index contributed by atoms with van der Waals surface area (Å²) in [5.41, 5.74) is 2.24. The lowest BCUT2D eigenvalue weighted by Crippen LogP contribution is -2.46. The van der Waals surface area contributed by atoms with Crippen LogP contribution in [-0.4, -0.2) is 41.2 Å². The molecule has 2 amide bonds. The van der Waals surface area contributed by atoms with Gasteiger partial charge in [-0.1, -0.05) is 37.1 Å². The molecule has 1 aliphatic heterocycles. The molecular weight excluding hydrogens is 380 g/mol. The summed E-state index contributed by atoms with van der Waals surface area (Å²) in [6.07, 6.45) is 2.76. The molecule has 0 unspecified atom stereocenters. The Labute approximate surface area is 169 Å². The molecule has 0 saturated carbocycles. The number of benzene rings is 1. The van der Waals surface area contributed by atoms with Gasteiger partial charge in [-0.2, -0.15) is 0 Å². The van der Waals surface area contributed by atoms with Crippen molar-refractivity contribution in [3.8, 4) is 0 Å². The van der Waals surface area contributed by atoms with E-state index in [1.54, 1.807) is 16.2 Å². The molecule has 0 spiro atoms. The van der Waals surface area contributed by atoms with Gasteiger partial charge in [0.15, 0.2) is 0 Å². The smallest absolute Gasteiger partial charge is 0.242 e. The van der Waals surface area contributed by atoms with Crippen molar-refractivity contribution in [2.24, 2.45) is 0 Å². The first-order chi connectivity index (χ1) is 13.0. The third kappa shape index (κ3) is 4.53. The van der Waals surface area contributed by atoms with E-state index in [4.69, 9.17) is 11.6 Å². The van der Waals surface area contributed by atoms with E-state index in [1.807, 2.05) is 29.2 Å². The Bertz CT molecular complexity index is 803. The third-order valence-corrected chi connectivity index (χ3v) is 6.27. The van der Waals surface area contributed by atoms with Gasteiger partial charge in [0.05, 0.1) is 12.6 Å². The summed E-state index contributed by atoms with van der Waals surface area (Å²) in [7, 11) is 0. The quantitative estimate of drug-likeness (QED) is 0.709. The zero-order chi connectivity index (χ0) is 19.4. The van der Waals surface area contributed by atoms with E-state index < -0.39 is 0 Å². The molecule has 0 N–H and O–H groups in total. The van der Waals surface area contributed by atoms with Crippen molar-refractivity contribution in [2.75, 3.05) is 19.6 Å². The molecule has 4 nitrogen and oxygen atoms in total. The van der Waals surface area contributed by atoms with Crippen molar-refractivity contribution in [2.45, 2.75) is 39.2 Å². The maximum absolute atomic E-state index is 13.2. The van der Waals surface area contributed by atoms with Gasteiger partial charge < -0.3 is 9.80 Å². The minimum atomic E-state index is -0.121. The summed E-state index contributed by atoms with van der Waals surface area (Å²) >= 11 is 7.80. The first-order valence-electron chi connectivity index (χ1n) is 9.38. The number of carbonyl (C=O) groups excluding carboxylic acids is 2. The molecule has 1 aromatic carbocycles. The van der Waals surface area contributed by atoms with Gasteiger partial charge in [-0.25, -0.2) is 0 Å². The Morgan fingerprint density at radius 1 is 1.26 bits per heavy atom. The van der Waals surface area contributed by atoms with Gasteiger partial charge in [-0.15, -0.1) is 11.3 Å². The molecule has 0 bridgehead atoms. The van der Waals surface area contributed by atoms with E-state index in [9.17, 15) is 9.59 Å². The molecule has 1 atom stereocenters. The summed E-state index contributed by atoms with van der Waals surface area (Å²) < 4.78 is 0. The molecule has 2 aromatic rings. The Hall–Kier alpha value is -1.85. The Morgan fingerprint density at radius 2 is 2.00 bits per heavy atom. The predicted molar refractivity (Wildman–Crippen MR) is 110 cm³/mol. The number of thiophene rings is 1. The van der Waals surface area contributed by atoms with E-state index in [-0.39, 0.29) is 24.4 Å². The molecule has 0 aliphatic carbocycles. The van der Waals surface area contributed by atoms with Crippen molar-refractivity contribution < 1.29 is 9.59 Å². The van der Waals surface area contributed by atoms with Gasteiger partial charge in [0, 0.05) is 29.9 Å². The minimum Gasteiger partial charge on any atom is -0.334 e. The molecular formula is C21H25ClN2O2S. The van der Waals surface area contributed by atoms with Crippen LogP contribution in [0.5, 0.6) is 0 Å². The fourth-order valence-electron chi connectivity index (χ4n) is 3.54. The maximum atomic E-state index is 13.2. The molecule has 1 aliphatic rings. The van der Waals surface area contributed by atoms with Crippen molar-refractivity contribution in [3.05, 3.63) is 56.7 Å². The molecule has 0 radical (unpaired) electrons. The average Bonchev–Trinajstić information content (AvgIpc) is 3.13. The van der Waals surface area contributed by atoms with Crippen LogP contribution >= 0.6 is 22.9 Å². The lowest BCUT2D eigenvalue weighted by molar-refractivity contribution is -0.140. The molecule has 144 valence electrons. The lowest BCUT2D eigenvalue weighted by Gasteiger charge is -2.37. The molecule has 3 rings (SSSR count). The normalized spacial score (nSPS) is 16.1. The molecule has 0 saturated heterocycles. The number of carbonyl (C=O) groups is 2. The Kier molecular flexibility index (Phi) is 6.55. The van der Waals surface area contributed by atoms with Crippen LogP contribution < -0.4 is 0 Å². The Balaban J connectivity index is 1.87. The van der Waals surface area contributed by atoms with E-state index in [0.29, 0.717) is 18.1 Å². The van der Waals surface area contributed by atoms with E-state index in [2.05, 4.69) is 18.4 Å². The molecule has 2 heterocycles. The number of rotatable bonds is 6. The second-order valence-electron chi connectivity index (χ2n) is 6.88. The van der Waals surface area contributed by atoms with Crippen LogP contribution in [0.1, 0.15) is 48.7 Å². The van der Waals surface area contributed by atoms with Crippen LogP contribution in [0.4, 0.5) is 0 Å². The monoisotopic (exact) mass is 404 g/mol. The Morgan fingerprint density at radius 3 is 2.67 bits per heavy atom. The topological polar surface area (TPSA) is 40.6 Å². The second kappa shape index (κ2) is 8.89. The third-order valence-electron chi connectivity index (χ3n) is 5.03. The van der Waals surface area contributed by atoms with Crippen molar-refractivity contribution in [1.29, 1.82) is 0 Å². The number of amides is 2. The lowest BCUT2D eigenvalue weighted by atomic mass is 9.93.